The van der Waals surface area contributed by atoms with Crippen LogP contribution in [0.1, 0.15) is 6.92 Å². The van der Waals surface area contributed by atoms with E-state index in [1.807, 2.05) is 24.6 Å². The molecule has 2 aromatic rings. The molecule has 1 aromatic carbocycles. The first-order valence-electron chi connectivity index (χ1n) is 6.56. The van der Waals surface area contributed by atoms with Crippen LogP contribution in [-0.2, 0) is 0 Å². The van der Waals surface area contributed by atoms with E-state index in [9.17, 15) is 0 Å². The Balaban J connectivity index is 2.08. The fourth-order valence-electron chi connectivity index (χ4n) is 2.24. The molecule has 4 nitrogen and oxygen atoms in total. The van der Waals surface area contributed by atoms with E-state index in [1.165, 1.54) is 0 Å². The Morgan fingerprint density at radius 3 is 3.15 bits per heavy atom. The van der Waals surface area contributed by atoms with Crippen molar-refractivity contribution in [2.24, 2.45) is 0 Å². The second kappa shape index (κ2) is 5.50. The maximum absolute atomic E-state index is 6.24. The molecule has 0 spiro atoms. The molecular weight excluding hydrogens is 294 g/mol. The van der Waals surface area contributed by atoms with Crippen LogP contribution in [0.15, 0.2) is 17.5 Å². The number of benzene rings is 1. The van der Waals surface area contributed by atoms with Crippen LogP contribution in [0, 0.1) is 0 Å². The summed E-state index contributed by atoms with van der Waals surface area (Å²) in [5.41, 5.74) is 2.89. The summed E-state index contributed by atoms with van der Waals surface area (Å²) < 4.78 is 5.85. The lowest BCUT2D eigenvalue weighted by atomic mass is 10.1. The topological polar surface area (TPSA) is 37.4 Å². The van der Waals surface area contributed by atoms with Crippen molar-refractivity contribution in [1.82, 2.24) is 4.98 Å². The molecule has 20 heavy (non-hydrogen) atoms. The lowest BCUT2D eigenvalue weighted by molar-refractivity contribution is 0.312. The minimum atomic E-state index is 0.683. The first-order chi connectivity index (χ1) is 9.69. The Labute approximate surface area is 127 Å². The summed E-state index contributed by atoms with van der Waals surface area (Å²) in [7, 11) is 2.05. The lowest BCUT2D eigenvalue weighted by Gasteiger charge is -2.29. The number of halogens is 1. The molecule has 0 bridgehead atoms. The predicted octanol–water partition coefficient (Wildman–Crippen LogP) is 3.72. The van der Waals surface area contributed by atoms with Gasteiger partial charge in [0.25, 0.3) is 0 Å². The molecule has 1 aliphatic rings. The van der Waals surface area contributed by atoms with Crippen LogP contribution in [0.4, 0.5) is 10.8 Å². The molecule has 0 aliphatic carbocycles. The summed E-state index contributed by atoms with van der Waals surface area (Å²) in [6, 6.07) is 3.86. The van der Waals surface area contributed by atoms with Gasteiger partial charge in [-0.05, 0) is 19.1 Å². The van der Waals surface area contributed by atoms with E-state index in [4.69, 9.17) is 16.3 Å². The van der Waals surface area contributed by atoms with Crippen molar-refractivity contribution in [2.45, 2.75) is 6.92 Å². The predicted molar refractivity (Wildman–Crippen MR) is 85.5 cm³/mol. The fourth-order valence-corrected chi connectivity index (χ4v) is 3.23. The van der Waals surface area contributed by atoms with E-state index < -0.39 is 0 Å². The minimum Gasteiger partial charge on any atom is -0.489 e. The van der Waals surface area contributed by atoms with Crippen molar-refractivity contribution in [3.63, 3.8) is 0 Å². The molecule has 6 heteroatoms. The highest BCUT2D eigenvalue weighted by Crippen LogP contribution is 2.43. The van der Waals surface area contributed by atoms with Crippen LogP contribution in [0.5, 0.6) is 5.75 Å². The quantitative estimate of drug-likeness (QED) is 0.937. The Kier molecular flexibility index (Phi) is 3.72. The lowest BCUT2D eigenvalue weighted by Crippen LogP contribution is -2.29. The molecule has 0 fully saturated rings. The number of rotatable bonds is 3. The number of thiazole rings is 1. The highest BCUT2D eigenvalue weighted by Gasteiger charge is 2.21. The third kappa shape index (κ3) is 2.43. The first-order valence-corrected chi connectivity index (χ1v) is 7.82. The molecule has 106 valence electrons. The van der Waals surface area contributed by atoms with Gasteiger partial charge >= 0.3 is 0 Å². The number of hydrogen-bond acceptors (Lipinski definition) is 5. The van der Waals surface area contributed by atoms with E-state index in [2.05, 4.69) is 22.1 Å². The third-order valence-corrected chi connectivity index (χ3v) is 4.24. The summed E-state index contributed by atoms with van der Waals surface area (Å²) in [4.78, 5) is 6.75. The number of fused-ring (bicyclic) bond motifs is 1. The molecule has 1 aromatic heterocycles. The Morgan fingerprint density at radius 1 is 1.50 bits per heavy atom. The standard InChI is InChI=1S/C14H16ClN3OS/c1-3-16-14-17-11(8-20-14)10-6-9(15)7-12-13(10)19-5-4-18(12)2/h6-8H,3-5H2,1-2H3,(H,16,17). The normalized spacial score (nSPS) is 13.8. The van der Waals surface area contributed by atoms with Gasteiger partial charge in [0.15, 0.2) is 10.9 Å². The van der Waals surface area contributed by atoms with Gasteiger partial charge in [-0.2, -0.15) is 0 Å². The summed E-state index contributed by atoms with van der Waals surface area (Å²) in [5.74, 6) is 0.872. The zero-order chi connectivity index (χ0) is 14.1. The van der Waals surface area contributed by atoms with Crippen molar-refractivity contribution < 1.29 is 4.74 Å². The Morgan fingerprint density at radius 2 is 2.35 bits per heavy atom. The van der Waals surface area contributed by atoms with Gasteiger partial charge in [0, 0.05) is 29.6 Å². The van der Waals surface area contributed by atoms with Gasteiger partial charge in [-0.15, -0.1) is 11.3 Å². The summed E-state index contributed by atoms with van der Waals surface area (Å²) in [6.45, 7) is 4.47. The number of nitrogens with one attached hydrogen (secondary N) is 1. The molecule has 3 rings (SSSR count). The maximum atomic E-state index is 6.24. The van der Waals surface area contributed by atoms with Crippen LogP contribution in [0.2, 0.25) is 5.02 Å². The number of nitrogens with zero attached hydrogens (tertiary/aromatic N) is 2. The van der Waals surface area contributed by atoms with Gasteiger partial charge in [-0.25, -0.2) is 4.98 Å². The first kappa shape index (κ1) is 13.5. The van der Waals surface area contributed by atoms with Crippen LogP contribution in [-0.4, -0.2) is 31.7 Å². The fraction of sp³-hybridized carbons (Fsp3) is 0.357. The molecule has 0 saturated carbocycles. The molecule has 1 N–H and O–H groups in total. The Bertz CT molecular complexity index is 629. The van der Waals surface area contributed by atoms with Crippen LogP contribution in [0.25, 0.3) is 11.3 Å². The van der Waals surface area contributed by atoms with Gasteiger partial charge in [0.05, 0.1) is 17.9 Å². The van der Waals surface area contributed by atoms with Crippen molar-refractivity contribution in [3.8, 4) is 17.0 Å². The average Bonchev–Trinajstić information content (AvgIpc) is 2.88. The van der Waals surface area contributed by atoms with Crippen LogP contribution in [0.3, 0.4) is 0 Å². The van der Waals surface area contributed by atoms with Crippen LogP contribution >= 0.6 is 22.9 Å². The molecular formula is C14H16ClN3OS. The van der Waals surface area contributed by atoms with E-state index in [-0.39, 0.29) is 0 Å². The summed E-state index contributed by atoms with van der Waals surface area (Å²) in [6.07, 6.45) is 0. The smallest absolute Gasteiger partial charge is 0.183 e. The molecule has 0 amide bonds. The van der Waals surface area contributed by atoms with Gasteiger partial charge in [-0.3, -0.25) is 0 Å². The monoisotopic (exact) mass is 309 g/mol. The molecule has 2 heterocycles. The number of likely N-dealkylation sites (N-methyl/N-ethyl adjacent to an activating group) is 1. The van der Waals surface area contributed by atoms with Gasteiger partial charge in [0.2, 0.25) is 0 Å². The van der Waals surface area contributed by atoms with Crippen molar-refractivity contribution in [2.75, 3.05) is 37.0 Å². The highest BCUT2D eigenvalue weighted by atomic mass is 35.5. The molecule has 0 atom stereocenters. The zero-order valence-electron chi connectivity index (χ0n) is 11.4. The minimum absolute atomic E-state index is 0.683. The SMILES string of the molecule is CCNc1nc(-c2cc(Cl)cc3c2OCCN3C)cs1. The maximum Gasteiger partial charge on any atom is 0.183 e. The molecule has 0 unspecified atom stereocenters. The van der Waals surface area contributed by atoms with Gasteiger partial charge in [-0.1, -0.05) is 11.6 Å². The number of aromatic nitrogens is 1. The number of hydrogen-bond donors (Lipinski definition) is 1. The number of ether oxygens (including phenoxy) is 1. The zero-order valence-corrected chi connectivity index (χ0v) is 13.0. The van der Waals surface area contributed by atoms with E-state index in [1.54, 1.807) is 11.3 Å². The van der Waals surface area contributed by atoms with E-state index >= 15 is 0 Å². The van der Waals surface area contributed by atoms with Crippen LogP contribution < -0.4 is 15.0 Å². The highest BCUT2D eigenvalue weighted by molar-refractivity contribution is 7.14. The van der Waals surface area contributed by atoms with Crippen molar-refractivity contribution in [3.05, 3.63) is 22.5 Å². The number of anilines is 2. The summed E-state index contributed by atoms with van der Waals surface area (Å²) in [5, 5.41) is 6.87. The van der Waals surface area contributed by atoms with Crippen molar-refractivity contribution in [1.29, 1.82) is 0 Å². The van der Waals surface area contributed by atoms with E-state index in [0.29, 0.717) is 11.6 Å². The Hall–Kier alpha value is -1.46. The molecule has 1 aliphatic heterocycles. The third-order valence-electron chi connectivity index (χ3n) is 3.23. The molecule has 0 radical (unpaired) electrons. The molecule has 0 saturated heterocycles. The largest absolute Gasteiger partial charge is 0.489 e. The second-order valence-electron chi connectivity index (χ2n) is 4.64. The average molecular weight is 310 g/mol. The summed E-state index contributed by atoms with van der Waals surface area (Å²) >= 11 is 7.83. The second-order valence-corrected chi connectivity index (χ2v) is 5.93. The van der Waals surface area contributed by atoms with Gasteiger partial charge < -0.3 is 15.0 Å². The van der Waals surface area contributed by atoms with Gasteiger partial charge in [0.1, 0.15) is 6.61 Å². The van der Waals surface area contributed by atoms with Crippen molar-refractivity contribution >= 4 is 33.8 Å². The van der Waals surface area contributed by atoms with E-state index in [0.717, 1.165) is 40.9 Å².